The molecule has 31 heavy (non-hydrogen) atoms. The van der Waals surface area contributed by atoms with Crippen molar-refractivity contribution < 1.29 is 0 Å². The van der Waals surface area contributed by atoms with Crippen LogP contribution in [0.2, 0.25) is 0 Å². The summed E-state index contributed by atoms with van der Waals surface area (Å²) in [6.07, 6.45) is 5.59. The summed E-state index contributed by atoms with van der Waals surface area (Å²) in [4.78, 5) is 13.3. The van der Waals surface area contributed by atoms with Crippen LogP contribution in [0.3, 0.4) is 0 Å². The van der Waals surface area contributed by atoms with Crippen molar-refractivity contribution in [3.63, 3.8) is 0 Å². The fourth-order valence-corrected chi connectivity index (χ4v) is 4.27. The maximum Gasteiger partial charge on any atom is 0.139 e. The molecule has 0 radical (unpaired) electrons. The normalized spacial score (nSPS) is 15.2. The number of nitrogens with one attached hydrogen (secondary N) is 1. The summed E-state index contributed by atoms with van der Waals surface area (Å²) in [5.41, 5.74) is 5.77. The second kappa shape index (κ2) is 9.19. The molecule has 4 nitrogen and oxygen atoms in total. The van der Waals surface area contributed by atoms with E-state index < -0.39 is 0 Å². The topological polar surface area (TPSA) is 35.2 Å². The minimum absolute atomic E-state index is 0.929. The van der Waals surface area contributed by atoms with Gasteiger partial charge in [0.05, 0.1) is 11.0 Å². The predicted molar refractivity (Wildman–Crippen MR) is 130 cm³/mol. The lowest BCUT2D eigenvalue weighted by Gasteiger charge is -2.36. The monoisotopic (exact) mass is 408 g/mol. The van der Waals surface area contributed by atoms with Gasteiger partial charge in [-0.25, -0.2) is 4.98 Å². The van der Waals surface area contributed by atoms with Crippen LogP contribution in [0.4, 0.5) is 5.69 Å². The molecule has 2 heterocycles. The number of imidazole rings is 1. The number of aromatic amines is 1. The van der Waals surface area contributed by atoms with Gasteiger partial charge in [0, 0.05) is 44.0 Å². The van der Waals surface area contributed by atoms with Crippen molar-refractivity contribution in [3.05, 3.63) is 90.5 Å². The zero-order valence-corrected chi connectivity index (χ0v) is 17.7. The van der Waals surface area contributed by atoms with Gasteiger partial charge in [0.1, 0.15) is 5.82 Å². The molecule has 1 N–H and O–H groups in total. The van der Waals surface area contributed by atoms with Crippen molar-refractivity contribution in [1.82, 2.24) is 14.9 Å². The molecular weight excluding hydrogens is 380 g/mol. The van der Waals surface area contributed by atoms with Gasteiger partial charge in [-0.15, -0.1) is 0 Å². The van der Waals surface area contributed by atoms with Crippen LogP contribution in [0.5, 0.6) is 0 Å². The van der Waals surface area contributed by atoms with Crippen molar-refractivity contribution in [2.45, 2.75) is 6.42 Å². The standard InChI is InChI=1S/C27H28N4/c1-2-12-23(13-3-1)31-20-18-30(19-21-31)17-9-8-11-22-10-4-5-14-24(22)27-28-25-15-6-7-16-26(25)29-27/h1-8,10-16H,9,17-21H2,(H,28,29)/b11-8-. The van der Waals surface area contributed by atoms with E-state index in [2.05, 4.69) is 87.6 Å². The van der Waals surface area contributed by atoms with Gasteiger partial charge in [-0.2, -0.15) is 0 Å². The molecule has 1 aliphatic heterocycles. The average molecular weight is 409 g/mol. The van der Waals surface area contributed by atoms with E-state index in [4.69, 9.17) is 4.98 Å². The molecule has 0 saturated carbocycles. The Bertz CT molecular complexity index is 1120. The number of hydrogen-bond acceptors (Lipinski definition) is 3. The number of rotatable bonds is 6. The summed E-state index contributed by atoms with van der Waals surface area (Å²) in [6.45, 7) is 5.55. The van der Waals surface area contributed by atoms with E-state index in [1.807, 2.05) is 18.2 Å². The number of fused-ring (bicyclic) bond motifs is 1. The van der Waals surface area contributed by atoms with Gasteiger partial charge in [0.2, 0.25) is 0 Å². The maximum atomic E-state index is 4.78. The molecule has 0 bridgehead atoms. The van der Waals surface area contributed by atoms with Crippen LogP contribution in [0.1, 0.15) is 12.0 Å². The molecule has 0 atom stereocenters. The fraction of sp³-hybridized carbons (Fsp3) is 0.222. The van der Waals surface area contributed by atoms with Crippen LogP contribution in [0.25, 0.3) is 28.5 Å². The van der Waals surface area contributed by atoms with E-state index in [-0.39, 0.29) is 0 Å². The van der Waals surface area contributed by atoms with E-state index in [1.165, 1.54) is 11.3 Å². The van der Waals surface area contributed by atoms with Gasteiger partial charge in [-0.1, -0.05) is 66.7 Å². The van der Waals surface area contributed by atoms with E-state index in [0.717, 1.165) is 61.6 Å². The lowest BCUT2D eigenvalue weighted by Crippen LogP contribution is -2.46. The third kappa shape index (κ3) is 4.54. The molecule has 0 spiro atoms. The number of aromatic nitrogens is 2. The van der Waals surface area contributed by atoms with Gasteiger partial charge in [0.25, 0.3) is 0 Å². The van der Waals surface area contributed by atoms with Crippen LogP contribution in [0.15, 0.2) is 84.9 Å². The number of hydrogen-bond donors (Lipinski definition) is 1. The number of anilines is 1. The van der Waals surface area contributed by atoms with Crippen LogP contribution in [-0.4, -0.2) is 47.6 Å². The number of para-hydroxylation sites is 3. The van der Waals surface area contributed by atoms with Gasteiger partial charge < -0.3 is 9.88 Å². The summed E-state index contributed by atoms with van der Waals surface area (Å²) in [5, 5.41) is 0. The van der Waals surface area contributed by atoms with E-state index in [9.17, 15) is 0 Å². The molecule has 0 amide bonds. The summed E-state index contributed by atoms with van der Waals surface area (Å²) in [6, 6.07) is 27.4. The number of H-pyrrole nitrogens is 1. The van der Waals surface area contributed by atoms with Crippen molar-refractivity contribution in [2.75, 3.05) is 37.6 Å². The average Bonchev–Trinajstić information content (AvgIpc) is 3.27. The second-order valence-corrected chi connectivity index (χ2v) is 8.05. The van der Waals surface area contributed by atoms with Gasteiger partial charge in [0.15, 0.2) is 0 Å². The largest absolute Gasteiger partial charge is 0.369 e. The Labute approximate surface area is 183 Å². The van der Waals surface area contributed by atoms with Crippen LogP contribution < -0.4 is 4.90 Å². The van der Waals surface area contributed by atoms with Crippen molar-refractivity contribution in [2.24, 2.45) is 0 Å². The zero-order chi connectivity index (χ0) is 20.9. The Morgan fingerprint density at radius 1 is 0.806 bits per heavy atom. The molecule has 4 aromatic rings. The highest BCUT2D eigenvalue weighted by Crippen LogP contribution is 2.25. The predicted octanol–water partition coefficient (Wildman–Crippen LogP) is 5.46. The lowest BCUT2D eigenvalue weighted by atomic mass is 10.1. The van der Waals surface area contributed by atoms with E-state index in [1.54, 1.807) is 0 Å². The van der Waals surface area contributed by atoms with Crippen LogP contribution in [-0.2, 0) is 0 Å². The number of benzene rings is 3. The molecule has 156 valence electrons. The third-order valence-corrected chi connectivity index (χ3v) is 6.01. The first-order valence-electron chi connectivity index (χ1n) is 11.1. The molecule has 5 rings (SSSR count). The Morgan fingerprint density at radius 3 is 2.39 bits per heavy atom. The third-order valence-electron chi connectivity index (χ3n) is 6.01. The second-order valence-electron chi connectivity index (χ2n) is 8.05. The van der Waals surface area contributed by atoms with E-state index >= 15 is 0 Å². The maximum absolute atomic E-state index is 4.78. The van der Waals surface area contributed by atoms with Crippen molar-refractivity contribution in [3.8, 4) is 11.4 Å². The highest BCUT2D eigenvalue weighted by molar-refractivity contribution is 5.81. The summed E-state index contributed by atoms with van der Waals surface area (Å²) >= 11 is 0. The number of nitrogens with zero attached hydrogens (tertiary/aromatic N) is 3. The summed E-state index contributed by atoms with van der Waals surface area (Å²) in [7, 11) is 0. The quantitative estimate of drug-likeness (QED) is 0.460. The highest BCUT2D eigenvalue weighted by Gasteiger charge is 2.16. The molecule has 1 aromatic heterocycles. The first-order chi connectivity index (χ1) is 15.4. The van der Waals surface area contributed by atoms with Gasteiger partial charge in [-0.05, 0) is 36.2 Å². The fourth-order valence-electron chi connectivity index (χ4n) is 4.27. The van der Waals surface area contributed by atoms with Gasteiger partial charge >= 0.3 is 0 Å². The Hall–Kier alpha value is -3.37. The van der Waals surface area contributed by atoms with Gasteiger partial charge in [-0.3, -0.25) is 4.90 Å². The SMILES string of the molecule is C(=C/c1ccccc1-c1nc2ccccc2[nH]1)/CCN1CCN(c2ccccc2)CC1. The van der Waals surface area contributed by atoms with Crippen LogP contribution in [0, 0.1) is 0 Å². The molecule has 0 unspecified atom stereocenters. The summed E-state index contributed by atoms with van der Waals surface area (Å²) < 4.78 is 0. The highest BCUT2D eigenvalue weighted by atomic mass is 15.3. The summed E-state index contributed by atoms with van der Waals surface area (Å²) in [5.74, 6) is 0.929. The van der Waals surface area contributed by atoms with Crippen molar-refractivity contribution in [1.29, 1.82) is 0 Å². The Kier molecular flexibility index (Phi) is 5.81. The van der Waals surface area contributed by atoms with E-state index in [0.29, 0.717) is 0 Å². The smallest absolute Gasteiger partial charge is 0.139 e. The first kappa shape index (κ1) is 19.6. The first-order valence-corrected chi connectivity index (χ1v) is 11.1. The molecule has 1 fully saturated rings. The molecule has 1 aliphatic rings. The lowest BCUT2D eigenvalue weighted by molar-refractivity contribution is 0.263. The number of piperazine rings is 1. The minimum atomic E-state index is 0.929. The zero-order valence-electron chi connectivity index (χ0n) is 17.7. The minimum Gasteiger partial charge on any atom is -0.369 e. The Balaban J connectivity index is 1.18. The molecular formula is C27H28N4. The van der Waals surface area contributed by atoms with Crippen LogP contribution >= 0.6 is 0 Å². The Morgan fingerprint density at radius 2 is 1.55 bits per heavy atom. The van der Waals surface area contributed by atoms with Crippen molar-refractivity contribution >= 4 is 22.8 Å². The molecule has 3 aromatic carbocycles. The molecule has 4 heteroatoms. The molecule has 0 aliphatic carbocycles. The molecule has 1 saturated heterocycles.